The lowest BCUT2D eigenvalue weighted by atomic mass is 10.1. The van der Waals surface area contributed by atoms with Gasteiger partial charge in [0.25, 0.3) is 5.91 Å². The van der Waals surface area contributed by atoms with Gasteiger partial charge in [-0.2, -0.15) is 0 Å². The van der Waals surface area contributed by atoms with Crippen LogP contribution < -0.4 is 16.0 Å². The van der Waals surface area contributed by atoms with E-state index in [1.165, 1.54) is 12.3 Å². The molecule has 5 rings (SSSR count). The van der Waals surface area contributed by atoms with Gasteiger partial charge in [0.15, 0.2) is 0 Å². The van der Waals surface area contributed by atoms with E-state index in [1.807, 2.05) is 49.5 Å². The van der Waals surface area contributed by atoms with Gasteiger partial charge in [-0.3, -0.25) is 9.59 Å². The molecule has 0 aliphatic heterocycles. The van der Waals surface area contributed by atoms with E-state index in [4.69, 9.17) is 23.2 Å². The zero-order chi connectivity index (χ0) is 29.6. The number of carbonyl (C=O) groups excluding carboxylic acids is 2. The maximum absolute atomic E-state index is 12.9. The van der Waals surface area contributed by atoms with Crippen LogP contribution in [0, 0.1) is 0 Å². The Hall–Kier alpha value is -4.70. The van der Waals surface area contributed by atoms with Crippen LogP contribution in [-0.4, -0.2) is 52.3 Å². The van der Waals surface area contributed by atoms with Gasteiger partial charge in [0.1, 0.15) is 0 Å². The first kappa shape index (κ1) is 28.8. The molecule has 0 spiro atoms. The Morgan fingerprint density at radius 1 is 0.952 bits per heavy atom. The number of aromatic nitrogens is 3. The molecule has 0 aliphatic carbocycles. The van der Waals surface area contributed by atoms with Crippen molar-refractivity contribution in [3.63, 3.8) is 0 Å². The van der Waals surface area contributed by atoms with Crippen molar-refractivity contribution in [3.8, 4) is 11.3 Å². The van der Waals surface area contributed by atoms with Crippen LogP contribution >= 0.6 is 23.2 Å². The summed E-state index contributed by atoms with van der Waals surface area (Å²) in [5.41, 5.74) is 4.40. The van der Waals surface area contributed by atoms with Crippen molar-refractivity contribution in [3.05, 3.63) is 107 Å². The van der Waals surface area contributed by atoms with E-state index in [1.54, 1.807) is 48.5 Å². The average molecular weight is 601 g/mol. The molecule has 2 heterocycles. The third-order valence-corrected chi connectivity index (χ3v) is 6.82. The first-order chi connectivity index (χ1) is 20.3. The van der Waals surface area contributed by atoms with Gasteiger partial charge in [0.2, 0.25) is 11.9 Å². The Kier molecular flexibility index (Phi) is 8.83. The summed E-state index contributed by atoms with van der Waals surface area (Å²) in [4.78, 5) is 39.1. The van der Waals surface area contributed by atoms with Crippen LogP contribution in [0.5, 0.6) is 0 Å². The number of rotatable bonds is 9. The second-order valence-corrected chi connectivity index (χ2v) is 10.5. The molecule has 212 valence electrons. The van der Waals surface area contributed by atoms with Gasteiger partial charge in [-0.05, 0) is 62.6 Å². The number of fused-ring (bicyclic) bond motifs is 1. The minimum atomic E-state index is -0.323. The molecule has 0 unspecified atom stereocenters. The Labute approximate surface area is 252 Å². The third-order valence-electron chi connectivity index (χ3n) is 6.21. The Balaban J connectivity index is 1.27. The van der Waals surface area contributed by atoms with Crippen LogP contribution in [0.3, 0.4) is 0 Å². The van der Waals surface area contributed by atoms with E-state index < -0.39 is 0 Å². The van der Waals surface area contributed by atoms with E-state index in [0.717, 1.165) is 16.5 Å². The number of nitrogens with zero attached hydrogens (tertiary/aromatic N) is 3. The molecule has 0 radical (unpaired) electrons. The Bertz CT molecular complexity index is 1780. The van der Waals surface area contributed by atoms with E-state index in [9.17, 15) is 9.59 Å². The van der Waals surface area contributed by atoms with Gasteiger partial charge in [0, 0.05) is 52.2 Å². The van der Waals surface area contributed by atoms with Crippen molar-refractivity contribution in [2.24, 2.45) is 0 Å². The summed E-state index contributed by atoms with van der Waals surface area (Å²) in [5, 5.41) is 10.6. The summed E-state index contributed by atoms with van der Waals surface area (Å²) < 4.78 is 0. The second kappa shape index (κ2) is 12.9. The van der Waals surface area contributed by atoms with Crippen molar-refractivity contribution in [2.75, 3.05) is 36.6 Å². The number of nitrogens with one attached hydrogen (secondary N) is 4. The molecule has 9 nitrogen and oxygen atoms in total. The molecule has 2 amide bonds. The van der Waals surface area contributed by atoms with Crippen LogP contribution in [-0.2, 0) is 4.79 Å². The average Bonchev–Trinajstić information content (AvgIpc) is 3.40. The van der Waals surface area contributed by atoms with E-state index >= 15 is 0 Å². The number of anilines is 4. The zero-order valence-electron chi connectivity index (χ0n) is 22.8. The van der Waals surface area contributed by atoms with Crippen LogP contribution in [0.15, 0.2) is 91.3 Å². The molecule has 0 atom stereocenters. The fourth-order valence-corrected chi connectivity index (χ4v) is 4.52. The van der Waals surface area contributed by atoms with Gasteiger partial charge in [-0.25, -0.2) is 9.97 Å². The lowest BCUT2D eigenvalue weighted by Crippen LogP contribution is -2.14. The molecule has 0 saturated heterocycles. The first-order valence-corrected chi connectivity index (χ1v) is 13.7. The summed E-state index contributed by atoms with van der Waals surface area (Å²) >= 11 is 12.9. The topological polar surface area (TPSA) is 115 Å². The van der Waals surface area contributed by atoms with Crippen molar-refractivity contribution in [2.45, 2.75) is 0 Å². The normalized spacial score (nSPS) is 11.3. The third kappa shape index (κ3) is 6.95. The maximum atomic E-state index is 12.9. The van der Waals surface area contributed by atoms with Gasteiger partial charge >= 0.3 is 0 Å². The molecular weight excluding hydrogens is 573 g/mol. The molecule has 4 N–H and O–H groups in total. The van der Waals surface area contributed by atoms with Gasteiger partial charge in [0.05, 0.1) is 27.6 Å². The predicted molar refractivity (Wildman–Crippen MR) is 170 cm³/mol. The highest BCUT2D eigenvalue weighted by molar-refractivity contribution is 6.34. The smallest absolute Gasteiger partial charge is 0.255 e. The second-order valence-electron chi connectivity index (χ2n) is 9.64. The van der Waals surface area contributed by atoms with E-state index in [-0.39, 0.29) is 11.8 Å². The maximum Gasteiger partial charge on any atom is 0.255 e. The number of H-pyrrole nitrogens is 1. The molecular formula is C31H27Cl2N7O2. The molecule has 11 heteroatoms. The quantitative estimate of drug-likeness (QED) is 0.136. The number of aromatic amines is 1. The summed E-state index contributed by atoms with van der Waals surface area (Å²) in [6.07, 6.45) is 6.63. The summed E-state index contributed by atoms with van der Waals surface area (Å²) in [7, 11) is 3.84. The molecule has 0 saturated carbocycles. The van der Waals surface area contributed by atoms with E-state index in [2.05, 4.69) is 30.9 Å². The summed E-state index contributed by atoms with van der Waals surface area (Å²) in [5.74, 6) is -0.274. The van der Waals surface area contributed by atoms with Crippen molar-refractivity contribution in [1.29, 1.82) is 0 Å². The molecule has 0 aliphatic rings. The number of hydrogen-bond donors (Lipinski definition) is 4. The van der Waals surface area contributed by atoms with Crippen molar-refractivity contribution >= 4 is 68.9 Å². The lowest BCUT2D eigenvalue weighted by molar-refractivity contribution is -0.111. The highest BCUT2D eigenvalue weighted by Crippen LogP contribution is 2.34. The zero-order valence-corrected chi connectivity index (χ0v) is 24.3. The standard InChI is InChI=1S/C31H27Cl2N7O2/c1-40(2)15-5-8-28(41)36-20-11-9-19(10-12-20)30(42)37-21-13-14-24(32)27(16-21)38-31-35-18-25(33)29(39-31)23-17-34-26-7-4-3-6-22(23)26/h3-14,16-18,34H,15H2,1-2H3,(H,36,41)(H,37,42)(H,35,38,39)/b8-5+. The number of carbonyl (C=O) groups is 2. The van der Waals surface area contributed by atoms with Gasteiger partial charge in [-0.15, -0.1) is 0 Å². The van der Waals surface area contributed by atoms with Crippen LogP contribution in [0.25, 0.3) is 22.2 Å². The molecule has 3 aromatic carbocycles. The highest BCUT2D eigenvalue weighted by atomic mass is 35.5. The van der Waals surface area contributed by atoms with Crippen LogP contribution in [0.2, 0.25) is 10.0 Å². The predicted octanol–water partition coefficient (Wildman–Crippen LogP) is 6.98. The molecule has 0 bridgehead atoms. The largest absolute Gasteiger partial charge is 0.360 e. The van der Waals surface area contributed by atoms with Crippen LogP contribution in [0.1, 0.15) is 10.4 Å². The molecule has 5 aromatic rings. The van der Waals surface area contributed by atoms with Crippen molar-refractivity contribution < 1.29 is 9.59 Å². The number of para-hydroxylation sites is 1. The Morgan fingerprint density at radius 2 is 1.71 bits per heavy atom. The fraction of sp³-hybridized carbons (Fsp3) is 0.0968. The number of halogens is 2. The molecule has 42 heavy (non-hydrogen) atoms. The summed E-state index contributed by atoms with van der Waals surface area (Å²) in [6.45, 7) is 0.660. The first-order valence-electron chi connectivity index (χ1n) is 13.0. The SMILES string of the molecule is CN(C)C/C=C/C(=O)Nc1ccc(C(=O)Nc2ccc(Cl)c(Nc3ncc(Cl)c(-c4c[nH]c5ccccc45)n3)c2)cc1. The molecule has 0 fully saturated rings. The molecule has 2 aromatic heterocycles. The minimum absolute atomic E-state index is 0.242. The lowest BCUT2D eigenvalue weighted by Gasteiger charge is -2.12. The number of amides is 2. The number of hydrogen-bond acceptors (Lipinski definition) is 6. The Morgan fingerprint density at radius 3 is 2.50 bits per heavy atom. The van der Waals surface area contributed by atoms with Crippen molar-refractivity contribution in [1.82, 2.24) is 19.9 Å². The monoisotopic (exact) mass is 599 g/mol. The van der Waals surface area contributed by atoms with Gasteiger partial charge in [-0.1, -0.05) is 47.5 Å². The van der Waals surface area contributed by atoms with E-state index in [0.29, 0.717) is 50.9 Å². The summed E-state index contributed by atoms with van der Waals surface area (Å²) in [6, 6.07) is 19.5. The van der Waals surface area contributed by atoms with Crippen LogP contribution in [0.4, 0.5) is 23.0 Å². The highest BCUT2D eigenvalue weighted by Gasteiger charge is 2.14. The minimum Gasteiger partial charge on any atom is -0.360 e. The van der Waals surface area contributed by atoms with Gasteiger partial charge < -0.3 is 25.8 Å². The fourth-order valence-electron chi connectivity index (χ4n) is 4.17. The number of likely N-dealkylation sites (N-methyl/N-ethyl adjacent to an activating group) is 1. The number of benzene rings is 3.